The topological polar surface area (TPSA) is 9.23 Å². The Morgan fingerprint density at radius 3 is 2.78 bits per heavy atom. The van der Waals surface area contributed by atoms with Crippen LogP contribution in [0.1, 0.15) is 12.0 Å². The van der Waals surface area contributed by atoms with E-state index in [-0.39, 0.29) is 5.38 Å². The van der Waals surface area contributed by atoms with Crippen LogP contribution in [-0.4, -0.2) is 18.6 Å². The SMILES string of the molecule is ClC(Cc1ccc2ccccc2c1)C1CCOC1. The highest BCUT2D eigenvalue weighted by Gasteiger charge is 2.24. The number of fused-ring (bicyclic) bond motifs is 1. The molecule has 0 saturated carbocycles. The molecule has 0 aliphatic carbocycles. The number of halogens is 1. The summed E-state index contributed by atoms with van der Waals surface area (Å²) >= 11 is 6.49. The van der Waals surface area contributed by atoms with Crippen molar-refractivity contribution < 1.29 is 4.74 Å². The molecule has 0 amide bonds. The average Bonchev–Trinajstić information content (AvgIpc) is 2.92. The van der Waals surface area contributed by atoms with Crippen molar-refractivity contribution in [1.82, 2.24) is 0 Å². The Morgan fingerprint density at radius 1 is 1.17 bits per heavy atom. The van der Waals surface area contributed by atoms with E-state index in [9.17, 15) is 0 Å². The molecule has 2 aromatic carbocycles. The van der Waals surface area contributed by atoms with E-state index in [0.717, 1.165) is 26.1 Å². The van der Waals surface area contributed by atoms with E-state index in [1.165, 1.54) is 16.3 Å². The summed E-state index contributed by atoms with van der Waals surface area (Å²) in [5.74, 6) is 0.512. The number of hydrogen-bond donors (Lipinski definition) is 0. The third-order valence-corrected chi connectivity index (χ3v) is 4.23. The molecule has 1 saturated heterocycles. The Bertz CT molecular complexity index is 531. The minimum absolute atomic E-state index is 0.189. The van der Waals surface area contributed by atoms with Gasteiger partial charge in [-0.15, -0.1) is 11.6 Å². The summed E-state index contributed by atoms with van der Waals surface area (Å²) in [4.78, 5) is 0. The van der Waals surface area contributed by atoms with Gasteiger partial charge < -0.3 is 4.74 Å². The molecule has 0 N–H and O–H groups in total. The lowest BCUT2D eigenvalue weighted by atomic mass is 9.97. The molecule has 94 valence electrons. The first-order chi connectivity index (χ1) is 8.83. The predicted octanol–water partition coefficient (Wildman–Crippen LogP) is 4.03. The average molecular weight is 261 g/mol. The van der Waals surface area contributed by atoms with Gasteiger partial charge in [0.2, 0.25) is 0 Å². The largest absolute Gasteiger partial charge is 0.381 e. The van der Waals surface area contributed by atoms with Crippen LogP contribution in [0.5, 0.6) is 0 Å². The van der Waals surface area contributed by atoms with Crippen molar-refractivity contribution in [1.29, 1.82) is 0 Å². The minimum atomic E-state index is 0.189. The molecule has 1 aliphatic heterocycles. The highest BCUT2D eigenvalue weighted by molar-refractivity contribution is 6.21. The Hall–Kier alpha value is -1.05. The fourth-order valence-electron chi connectivity index (χ4n) is 2.60. The Kier molecular flexibility index (Phi) is 3.53. The third-order valence-electron chi connectivity index (χ3n) is 3.72. The van der Waals surface area contributed by atoms with Crippen LogP contribution < -0.4 is 0 Å². The van der Waals surface area contributed by atoms with Gasteiger partial charge in [0.05, 0.1) is 6.61 Å². The zero-order valence-corrected chi connectivity index (χ0v) is 11.1. The molecule has 1 aliphatic rings. The van der Waals surface area contributed by atoms with Crippen molar-refractivity contribution >= 4 is 22.4 Å². The van der Waals surface area contributed by atoms with Crippen LogP contribution in [0.3, 0.4) is 0 Å². The van der Waals surface area contributed by atoms with E-state index in [0.29, 0.717) is 5.92 Å². The molecule has 18 heavy (non-hydrogen) atoms. The van der Waals surface area contributed by atoms with Crippen LogP contribution in [-0.2, 0) is 11.2 Å². The van der Waals surface area contributed by atoms with Crippen LogP contribution in [0.4, 0.5) is 0 Å². The van der Waals surface area contributed by atoms with E-state index in [1.54, 1.807) is 0 Å². The van der Waals surface area contributed by atoms with Crippen molar-refractivity contribution in [2.24, 2.45) is 5.92 Å². The molecule has 0 bridgehead atoms. The van der Waals surface area contributed by atoms with Gasteiger partial charge in [0, 0.05) is 17.9 Å². The number of benzene rings is 2. The molecule has 2 unspecified atom stereocenters. The van der Waals surface area contributed by atoms with Gasteiger partial charge >= 0.3 is 0 Å². The summed E-state index contributed by atoms with van der Waals surface area (Å²) in [5, 5.41) is 2.77. The van der Waals surface area contributed by atoms with Crippen molar-refractivity contribution in [2.75, 3.05) is 13.2 Å². The quantitative estimate of drug-likeness (QED) is 0.758. The number of hydrogen-bond acceptors (Lipinski definition) is 1. The second kappa shape index (κ2) is 5.29. The fourth-order valence-corrected chi connectivity index (χ4v) is 2.97. The van der Waals surface area contributed by atoms with Gasteiger partial charge in [-0.3, -0.25) is 0 Å². The van der Waals surface area contributed by atoms with Crippen LogP contribution in [0.15, 0.2) is 42.5 Å². The van der Waals surface area contributed by atoms with Gasteiger partial charge in [-0.2, -0.15) is 0 Å². The standard InChI is InChI=1S/C16H17ClO/c17-16(15-7-8-18-11-15)10-12-5-6-13-3-1-2-4-14(13)9-12/h1-6,9,15-16H,7-8,10-11H2. The van der Waals surface area contributed by atoms with E-state index < -0.39 is 0 Å². The van der Waals surface area contributed by atoms with E-state index in [4.69, 9.17) is 16.3 Å². The molecule has 1 nitrogen and oxygen atoms in total. The van der Waals surface area contributed by atoms with Crippen molar-refractivity contribution in [3.63, 3.8) is 0 Å². The number of alkyl halides is 1. The maximum atomic E-state index is 6.49. The maximum Gasteiger partial charge on any atom is 0.0509 e. The van der Waals surface area contributed by atoms with Gasteiger partial charge in [-0.1, -0.05) is 42.5 Å². The second-order valence-corrected chi connectivity index (χ2v) is 5.59. The van der Waals surface area contributed by atoms with Gasteiger partial charge in [-0.25, -0.2) is 0 Å². The highest BCUT2D eigenvalue weighted by Crippen LogP contribution is 2.25. The van der Waals surface area contributed by atoms with E-state index in [1.807, 2.05) is 0 Å². The summed E-state index contributed by atoms with van der Waals surface area (Å²) in [5.41, 5.74) is 1.32. The molecule has 1 heterocycles. The summed E-state index contributed by atoms with van der Waals surface area (Å²) in [6, 6.07) is 15.1. The van der Waals surface area contributed by atoms with Crippen LogP contribution >= 0.6 is 11.6 Å². The van der Waals surface area contributed by atoms with E-state index in [2.05, 4.69) is 42.5 Å². The molecule has 2 heteroatoms. The molecule has 3 rings (SSSR count). The van der Waals surface area contributed by atoms with Gasteiger partial charge in [0.1, 0.15) is 0 Å². The summed E-state index contributed by atoms with van der Waals surface area (Å²) in [6.45, 7) is 1.69. The molecular formula is C16H17ClO. The number of rotatable bonds is 3. The van der Waals surface area contributed by atoms with Crippen LogP contribution in [0.2, 0.25) is 0 Å². The second-order valence-electron chi connectivity index (χ2n) is 5.03. The molecule has 1 fully saturated rings. The lowest BCUT2D eigenvalue weighted by molar-refractivity contribution is 0.185. The summed E-state index contributed by atoms with van der Waals surface area (Å²) in [6.07, 6.45) is 2.03. The van der Waals surface area contributed by atoms with Crippen LogP contribution in [0, 0.1) is 5.92 Å². The van der Waals surface area contributed by atoms with Crippen molar-refractivity contribution in [3.05, 3.63) is 48.0 Å². The molecule has 2 atom stereocenters. The molecule has 0 radical (unpaired) electrons. The monoisotopic (exact) mass is 260 g/mol. The first kappa shape index (κ1) is 12.0. The molecule has 0 spiro atoms. The lowest BCUT2D eigenvalue weighted by Crippen LogP contribution is -2.17. The maximum absolute atomic E-state index is 6.49. The van der Waals surface area contributed by atoms with Crippen molar-refractivity contribution in [3.8, 4) is 0 Å². The van der Waals surface area contributed by atoms with Gasteiger partial charge in [0.15, 0.2) is 0 Å². The molecule has 0 aromatic heterocycles. The molecular weight excluding hydrogens is 244 g/mol. The Morgan fingerprint density at radius 2 is 2.00 bits per heavy atom. The Balaban J connectivity index is 1.77. The van der Waals surface area contributed by atoms with Crippen molar-refractivity contribution in [2.45, 2.75) is 18.2 Å². The summed E-state index contributed by atoms with van der Waals surface area (Å²) < 4.78 is 5.40. The Labute approximate surface area is 113 Å². The number of ether oxygens (including phenoxy) is 1. The van der Waals surface area contributed by atoms with Gasteiger partial charge in [-0.05, 0) is 29.2 Å². The van der Waals surface area contributed by atoms with Gasteiger partial charge in [0.25, 0.3) is 0 Å². The summed E-state index contributed by atoms with van der Waals surface area (Å²) in [7, 11) is 0. The normalized spacial score (nSPS) is 21.3. The smallest absolute Gasteiger partial charge is 0.0509 e. The zero-order chi connectivity index (χ0) is 12.4. The fraction of sp³-hybridized carbons (Fsp3) is 0.375. The zero-order valence-electron chi connectivity index (χ0n) is 10.3. The molecule has 2 aromatic rings. The minimum Gasteiger partial charge on any atom is -0.381 e. The predicted molar refractivity (Wildman–Crippen MR) is 76.2 cm³/mol. The van der Waals surface area contributed by atoms with Crippen LogP contribution in [0.25, 0.3) is 10.8 Å². The highest BCUT2D eigenvalue weighted by atomic mass is 35.5. The lowest BCUT2D eigenvalue weighted by Gasteiger charge is -2.15. The first-order valence-electron chi connectivity index (χ1n) is 6.52. The third kappa shape index (κ3) is 2.52. The first-order valence-corrected chi connectivity index (χ1v) is 6.96. The van der Waals surface area contributed by atoms with E-state index >= 15 is 0 Å².